The monoisotopic (exact) mass is 271 g/mol. The Morgan fingerprint density at radius 2 is 2.16 bits per heavy atom. The lowest BCUT2D eigenvalue weighted by atomic mass is 10.3. The average molecular weight is 271 g/mol. The number of hydrogen-bond donors (Lipinski definition) is 1. The molecule has 0 aliphatic heterocycles. The van der Waals surface area contributed by atoms with E-state index in [0.717, 1.165) is 32.3 Å². The van der Waals surface area contributed by atoms with Crippen molar-refractivity contribution in [3.05, 3.63) is 47.7 Å². The van der Waals surface area contributed by atoms with E-state index in [9.17, 15) is 0 Å². The standard InChI is InChI=1S/C15H13NO2S/c1-10(9-17)8-11-6-7-13(18-11)15-16-12-4-2-3-5-14(12)19-15/h2-8,17H,9H2,1H3. The minimum absolute atomic E-state index is 0.0389. The number of aliphatic hydroxyl groups excluding tert-OH is 1. The van der Waals surface area contributed by atoms with Crippen molar-refractivity contribution in [2.24, 2.45) is 0 Å². The van der Waals surface area contributed by atoms with Crippen LogP contribution in [0.25, 0.3) is 27.1 Å². The molecular weight excluding hydrogens is 258 g/mol. The molecule has 0 saturated heterocycles. The lowest BCUT2D eigenvalue weighted by molar-refractivity contribution is 0.332. The quantitative estimate of drug-likeness (QED) is 0.784. The summed E-state index contributed by atoms with van der Waals surface area (Å²) in [5.74, 6) is 1.50. The van der Waals surface area contributed by atoms with Gasteiger partial charge in [0.1, 0.15) is 5.76 Å². The zero-order valence-electron chi connectivity index (χ0n) is 10.5. The number of hydrogen-bond acceptors (Lipinski definition) is 4. The highest BCUT2D eigenvalue weighted by atomic mass is 32.1. The predicted molar refractivity (Wildman–Crippen MR) is 78.1 cm³/mol. The minimum Gasteiger partial charge on any atom is -0.454 e. The summed E-state index contributed by atoms with van der Waals surface area (Å²) in [4.78, 5) is 4.55. The first-order valence-electron chi connectivity index (χ1n) is 6.00. The molecule has 0 spiro atoms. The van der Waals surface area contributed by atoms with Gasteiger partial charge < -0.3 is 9.52 Å². The molecule has 0 aliphatic carbocycles. The number of nitrogens with zero attached hydrogens (tertiary/aromatic N) is 1. The van der Waals surface area contributed by atoms with Gasteiger partial charge in [0, 0.05) is 0 Å². The number of para-hydroxylation sites is 1. The van der Waals surface area contributed by atoms with Gasteiger partial charge in [-0.25, -0.2) is 4.98 Å². The third-order valence-electron chi connectivity index (χ3n) is 2.77. The Morgan fingerprint density at radius 3 is 2.95 bits per heavy atom. The fourth-order valence-electron chi connectivity index (χ4n) is 1.81. The van der Waals surface area contributed by atoms with Crippen LogP contribution in [0.3, 0.4) is 0 Å². The summed E-state index contributed by atoms with van der Waals surface area (Å²) in [6.07, 6.45) is 1.83. The highest BCUT2D eigenvalue weighted by Crippen LogP contribution is 2.31. The first kappa shape index (κ1) is 12.1. The van der Waals surface area contributed by atoms with Gasteiger partial charge in [0.05, 0.1) is 16.8 Å². The smallest absolute Gasteiger partial charge is 0.163 e. The van der Waals surface area contributed by atoms with Gasteiger partial charge in [-0.05, 0) is 42.8 Å². The van der Waals surface area contributed by atoms with Gasteiger partial charge in [0.2, 0.25) is 0 Å². The summed E-state index contributed by atoms with van der Waals surface area (Å²) in [6.45, 7) is 1.90. The fraction of sp³-hybridized carbons (Fsp3) is 0.133. The van der Waals surface area contributed by atoms with Crippen LogP contribution in [0.2, 0.25) is 0 Å². The Labute approximate surface area is 114 Å². The maximum absolute atomic E-state index is 8.99. The summed E-state index contributed by atoms with van der Waals surface area (Å²) < 4.78 is 6.88. The minimum atomic E-state index is 0.0389. The van der Waals surface area contributed by atoms with Gasteiger partial charge in [0.15, 0.2) is 10.8 Å². The van der Waals surface area contributed by atoms with Crippen molar-refractivity contribution in [2.45, 2.75) is 6.92 Å². The van der Waals surface area contributed by atoms with Crippen molar-refractivity contribution in [1.29, 1.82) is 0 Å². The summed E-state index contributed by atoms with van der Waals surface area (Å²) in [7, 11) is 0. The molecule has 2 heterocycles. The van der Waals surface area contributed by atoms with Crippen LogP contribution in [0.15, 0.2) is 46.4 Å². The molecule has 0 fully saturated rings. The Bertz CT molecular complexity index is 706. The van der Waals surface area contributed by atoms with E-state index in [2.05, 4.69) is 11.1 Å². The molecule has 0 bridgehead atoms. The molecule has 4 heteroatoms. The molecule has 0 atom stereocenters. The van der Waals surface area contributed by atoms with Gasteiger partial charge in [-0.2, -0.15) is 0 Å². The van der Waals surface area contributed by atoms with E-state index < -0.39 is 0 Å². The maximum atomic E-state index is 8.99. The zero-order valence-corrected chi connectivity index (χ0v) is 11.3. The first-order valence-corrected chi connectivity index (χ1v) is 6.82. The van der Waals surface area contributed by atoms with Crippen LogP contribution in [0.5, 0.6) is 0 Å². The van der Waals surface area contributed by atoms with E-state index in [1.807, 2.05) is 43.3 Å². The summed E-state index contributed by atoms with van der Waals surface area (Å²) in [6, 6.07) is 11.8. The summed E-state index contributed by atoms with van der Waals surface area (Å²) in [5.41, 5.74) is 1.85. The van der Waals surface area contributed by atoms with Crippen LogP contribution >= 0.6 is 11.3 Å². The Balaban J connectivity index is 1.98. The van der Waals surface area contributed by atoms with Crippen molar-refractivity contribution >= 4 is 27.6 Å². The van der Waals surface area contributed by atoms with Gasteiger partial charge in [-0.1, -0.05) is 12.1 Å². The molecule has 1 aromatic carbocycles. The SMILES string of the molecule is CC(=Cc1ccc(-c2nc3ccccc3s2)o1)CO. The topological polar surface area (TPSA) is 46.3 Å². The van der Waals surface area contributed by atoms with E-state index in [0.29, 0.717) is 0 Å². The second kappa shape index (κ2) is 4.99. The van der Waals surface area contributed by atoms with E-state index in [1.54, 1.807) is 11.3 Å². The number of aromatic nitrogens is 1. The van der Waals surface area contributed by atoms with Crippen LogP contribution in [-0.2, 0) is 0 Å². The highest BCUT2D eigenvalue weighted by Gasteiger charge is 2.09. The lowest BCUT2D eigenvalue weighted by Crippen LogP contribution is -1.81. The van der Waals surface area contributed by atoms with Crippen molar-refractivity contribution in [2.75, 3.05) is 6.61 Å². The van der Waals surface area contributed by atoms with Crippen LogP contribution < -0.4 is 0 Å². The summed E-state index contributed by atoms with van der Waals surface area (Å²) in [5, 5.41) is 9.87. The summed E-state index contributed by atoms with van der Waals surface area (Å²) >= 11 is 1.61. The maximum Gasteiger partial charge on any atom is 0.163 e. The van der Waals surface area contributed by atoms with Crippen LogP contribution in [0.4, 0.5) is 0 Å². The molecule has 3 rings (SSSR count). The Morgan fingerprint density at radius 1 is 1.32 bits per heavy atom. The molecule has 0 amide bonds. The molecule has 2 aromatic heterocycles. The Hall–Kier alpha value is -1.91. The van der Waals surface area contributed by atoms with E-state index in [4.69, 9.17) is 9.52 Å². The van der Waals surface area contributed by atoms with Gasteiger partial charge in [-0.15, -0.1) is 11.3 Å². The molecule has 3 aromatic rings. The number of benzene rings is 1. The van der Waals surface area contributed by atoms with Crippen LogP contribution in [0.1, 0.15) is 12.7 Å². The molecule has 0 unspecified atom stereocenters. The second-order valence-electron chi connectivity index (χ2n) is 4.34. The largest absolute Gasteiger partial charge is 0.454 e. The number of fused-ring (bicyclic) bond motifs is 1. The lowest BCUT2D eigenvalue weighted by Gasteiger charge is -1.92. The fourth-order valence-corrected chi connectivity index (χ4v) is 2.74. The van der Waals surface area contributed by atoms with Gasteiger partial charge in [-0.3, -0.25) is 0 Å². The number of thiazole rings is 1. The second-order valence-corrected chi connectivity index (χ2v) is 5.37. The molecule has 0 aliphatic rings. The van der Waals surface area contributed by atoms with E-state index >= 15 is 0 Å². The predicted octanol–water partition coefficient (Wildman–Crippen LogP) is 3.95. The highest BCUT2D eigenvalue weighted by molar-refractivity contribution is 7.21. The third kappa shape index (κ3) is 2.45. The Kier molecular flexibility index (Phi) is 3.19. The van der Waals surface area contributed by atoms with E-state index in [1.165, 1.54) is 0 Å². The number of rotatable bonds is 3. The average Bonchev–Trinajstić information content (AvgIpc) is 3.04. The first-order chi connectivity index (χ1) is 9.26. The number of aliphatic hydroxyl groups is 1. The van der Waals surface area contributed by atoms with Gasteiger partial charge in [0.25, 0.3) is 0 Å². The molecule has 0 radical (unpaired) electrons. The van der Waals surface area contributed by atoms with Crippen molar-refractivity contribution in [3.63, 3.8) is 0 Å². The zero-order chi connectivity index (χ0) is 13.2. The molecule has 3 nitrogen and oxygen atoms in total. The van der Waals surface area contributed by atoms with Crippen LogP contribution in [0, 0.1) is 0 Å². The number of furan rings is 1. The van der Waals surface area contributed by atoms with Crippen molar-refractivity contribution in [3.8, 4) is 10.8 Å². The molecule has 19 heavy (non-hydrogen) atoms. The van der Waals surface area contributed by atoms with Gasteiger partial charge >= 0.3 is 0 Å². The molecule has 96 valence electrons. The molecule has 1 N–H and O–H groups in total. The van der Waals surface area contributed by atoms with Crippen LogP contribution in [-0.4, -0.2) is 16.7 Å². The van der Waals surface area contributed by atoms with Crippen molar-refractivity contribution < 1.29 is 9.52 Å². The van der Waals surface area contributed by atoms with E-state index in [-0.39, 0.29) is 6.61 Å². The molecular formula is C15H13NO2S. The third-order valence-corrected chi connectivity index (χ3v) is 3.82. The van der Waals surface area contributed by atoms with Crippen molar-refractivity contribution in [1.82, 2.24) is 4.98 Å². The normalized spacial score (nSPS) is 12.2. The molecule has 0 saturated carbocycles.